The fraction of sp³-hybridized carbons (Fsp3) is 0.526. The Labute approximate surface area is 194 Å². The maximum absolute atomic E-state index is 12.8. The molecule has 1 aromatic rings. The summed E-state index contributed by atoms with van der Waals surface area (Å²) in [6.45, 7) is 3.20. The summed E-state index contributed by atoms with van der Waals surface area (Å²) >= 11 is 0. The number of H-pyrrole nitrogens is 1. The number of nitrogens with one attached hydrogen (secondary N) is 4. The lowest BCUT2D eigenvalue weighted by Crippen LogP contribution is -2.59. The summed E-state index contributed by atoms with van der Waals surface area (Å²) in [5.74, 6) is -7.26. The van der Waals surface area contributed by atoms with Gasteiger partial charge in [0, 0.05) is 18.3 Å². The van der Waals surface area contributed by atoms with Crippen LogP contribution in [0.4, 0.5) is 0 Å². The molecule has 4 atom stereocenters. The Bertz CT molecular complexity index is 902. The minimum absolute atomic E-state index is 0.110. The molecule has 0 saturated carbocycles. The largest absolute Gasteiger partial charge is 0.481 e. The molecule has 0 spiro atoms. The number of rotatable bonds is 14. The minimum Gasteiger partial charge on any atom is -0.481 e. The number of hydrogen-bond acceptors (Lipinski definition) is 8. The first-order valence-corrected chi connectivity index (χ1v) is 10.2. The van der Waals surface area contributed by atoms with Gasteiger partial charge in [0.1, 0.15) is 18.1 Å². The number of imidazole rings is 1. The normalized spacial score (nSPS) is 14.4. The number of nitrogens with zero attached hydrogens (tertiary/aromatic N) is 1. The van der Waals surface area contributed by atoms with Crippen LogP contribution >= 0.6 is 0 Å². The number of amides is 4. The molecule has 15 nitrogen and oxygen atoms in total. The molecule has 1 aromatic heterocycles. The van der Waals surface area contributed by atoms with Gasteiger partial charge in [0.05, 0.1) is 25.2 Å². The van der Waals surface area contributed by atoms with E-state index in [1.54, 1.807) is 13.8 Å². The fourth-order valence-electron chi connectivity index (χ4n) is 2.84. The molecule has 188 valence electrons. The van der Waals surface area contributed by atoms with Crippen molar-refractivity contribution in [3.63, 3.8) is 0 Å². The van der Waals surface area contributed by atoms with E-state index in [1.165, 1.54) is 12.5 Å². The monoisotopic (exact) mass is 483 g/mol. The van der Waals surface area contributed by atoms with Gasteiger partial charge in [0.2, 0.25) is 23.6 Å². The maximum Gasteiger partial charge on any atom is 0.326 e. The van der Waals surface area contributed by atoms with E-state index in [0.29, 0.717) is 5.69 Å². The molecule has 0 aliphatic rings. The molecule has 0 fully saturated rings. The summed E-state index contributed by atoms with van der Waals surface area (Å²) in [7, 11) is 0. The van der Waals surface area contributed by atoms with Crippen molar-refractivity contribution in [2.24, 2.45) is 17.4 Å². The number of hydrogen-bond donors (Lipinski definition) is 8. The summed E-state index contributed by atoms with van der Waals surface area (Å²) in [6, 6.07) is -5.64. The zero-order chi connectivity index (χ0) is 26.0. The Kier molecular flexibility index (Phi) is 10.6. The zero-order valence-electron chi connectivity index (χ0n) is 18.6. The molecule has 0 aliphatic carbocycles. The van der Waals surface area contributed by atoms with E-state index in [2.05, 4.69) is 20.6 Å². The lowest BCUT2D eigenvalue weighted by molar-refractivity contribution is -0.145. The summed E-state index contributed by atoms with van der Waals surface area (Å²) in [4.78, 5) is 77.9. The highest BCUT2D eigenvalue weighted by molar-refractivity contribution is 5.96. The highest BCUT2D eigenvalue weighted by Crippen LogP contribution is 2.06. The Hall–Kier alpha value is -4.01. The third-order valence-corrected chi connectivity index (χ3v) is 4.61. The van der Waals surface area contributed by atoms with Crippen LogP contribution in [0.2, 0.25) is 0 Å². The second kappa shape index (κ2) is 12.9. The molecular formula is C19H29N7O8. The number of carboxylic acid groups (broad SMARTS) is 2. The van der Waals surface area contributed by atoms with Gasteiger partial charge in [0.25, 0.3) is 0 Å². The fourth-order valence-corrected chi connectivity index (χ4v) is 2.84. The summed E-state index contributed by atoms with van der Waals surface area (Å²) < 4.78 is 0. The summed E-state index contributed by atoms with van der Waals surface area (Å²) in [5.41, 5.74) is 11.4. The number of primary amides is 1. The third-order valence-electron chi connectivity index (χ3n) is 4.61. The Morgan fingerprint density at radius 1 is 0.971 bits per heavy atom. The molecule has 0 saturated heterocycles. The van der Waals surface area contributed by atoms with Gasteiger partial charge in [-0.1, -0.05) is 13.8 Å². The second-order valence-electron chi connectivity index (χ2n) is 7.85. The maximum atomic E-state index is 12.8. The van der Waals surface area contributed by atoms with Crippen LogP contribution in [0.1, 0.15) is 32.4 Å². The smallest absolute Gasteiger partial charge is 0.326 e. The van der Waals surface area contributed by atoms with Gasteiger partial charge in [-0.25, -0.2) is 9.78 Å². The second-order valence-corrected chi connectivity index (χ2v) is 7.85. The minimum atomic E-state index is -1.72. The average Bonchev–Trinajstić information content (AvgIpc) is 3.22. The van der Waals surface area contributed by atoms with Crippen LogP contribution in [-0.2, 0) is 35.2 Å². The number of carbonyl (C=O) groups excluding carboxylic acids is 4. The molecule has 0 radical (unpaired) electrons. The van der Waals surface area contributed by atoms with Gasteiger partial charge >= 0.3 is 11.9 Å². The van der Waals surface area contributed by atoms with Crippen molar-refractivity contribution in [1.82, 2.24) is 25.9 Å². The highest BCUT2D eigenvalue weighted by atomic mass is 16.4. The molecule has 0 bridgehead atoms. The van der Waals surface area contributed by atoms with Gasteiger partial charge < -0.3 is 42.6 Å². The standard InChI is InChI=1S/C19H29N7O8/c1-8(2)15(26-16(30)10(20)3-9-6-22-7-23-9)18(32)24-11(5-14(28)29)17(31)25-12(19(33)34)4-13(21)27/h6-8,10-12,15H,3-5,20H2,1-2H3,(H2,21,27)(H,22,23)(H,24,32)(H,25,31)(H,26,30)(H,28,29)(H,33,34)/t10-,11-,12-,15-/m0/s1. The van der Waals surface area contributed by atoms with Gasteiger partial charge in [0.15, 0.2) is 0 Å². The van der Waals surface area contributed by atoms with E-state index in [0.717, 1.165) is 0 Å². The first-order valence-electron chi connectivity index (χ1n) is 10.2. The van der Waals surface area contributed by atoms with Crippen LogP contribution in [0, 0.1) is 5.92 Å². The molecule has 0 unspecified atom stereocenters. The van der Waals surface area contributed by atoms with Crippen molar-refractivity contribution >= 4 is 35.6 Å². The van der Waals surface area contributed by atoms with Crippen molar-refractivity contribution in [2.75, 3.05) is 0 Å². The predicted molar refractivity (Wildman–Crippen MR) is 115 cm³/mol. The first-order chi connectivity index (χ1) is 15.8. The number of carbonyl (C=O) groups is 6. The first kappa shape index (κ1) is 28.0. The van der Waals surface area contributed by atoms with Crippen LogP contribution < -0.4 is 27.4 Å². The van der Waals surface area contributed by atoms with E-state index in [1.807, 2.05) is 5.32 Å². The van der Waals surface area contributed by atoms with E-state index in [4.69, 9.17) is 21.7 Å². The Morgan fingerprint density at radius 2 is 1.59 bits per heavy atom. The Balaban J connectivity index is 2.92. The van der Waals surface area contributed by atoms with Crippen molar-refractivity contribution in [3.8, 4) is 0 Å². The van der Waals surface area contributed by atoms with E-state index >= 15 is 0 Å². The van der Waals surface area contributed by atoms with E-state index in [-0.39, 0.29) is 6.42 Å². The molecular weight excluding hydrogens is 454 g/mol. The molecule has 0 aliphatic heterocycles. The van der Waals surface area contributed by atoms with Crippen molar-refractivity contribution in [2.45, 2.75) is 57.3 Å². The third kappa shape index (κ3) is 9.23. The van der Waals surface area contributed by atoms with Crippen molar-refractivity contribution in [3.05, 3.63) is 18.2 Å². The summed E-state index contributed by atoms with van der Waals surface area (Å²) in [5, 5.41) is 24.9. The van der Waals surface area contributed by atoms with Crippen molar-refractivity contribution in [1.29, 1.82) is 0 Å². The number of aromatic amines is 1. The van der Waals surface area contributed by atoms with Gasteiger partial charge in [-0.3, -0.25) is 24.0 Å². The van der Waals surface area contributed by atoms with E-state index < -0.39 is 78.5 Å². The number of aliphatic carboxylic acids is 2. The molecule has 4 amide bonds. The number of aromatic nitrogens is 2. The number of carboxylic acids is 2. The SMILES string of the molecule is CC(C)[C@H](NC(=O)[C@@H](N)Cc1cnc[nH]1)C(=O)N[C@@H](CC(=O)O)C(=O)N[C@@H](CC(N)=O)C(=O)O. The summed E-state index contributed by atoms with van der Waals surface area (Å²) in [6.07, 6.45) is 1.37. The van der Waals surface area contributed by atoms with Gasteiger partial charge in [-0.15, -0.1) is 0 Å². The molecule has 15 heteroatoms. The quantitative estimate of drug-likeness (QED) is 0.131. The molecule has 1 heterocycles. The van der Waals surface area contributed by atoms with Crippen LogP contribution in [0.3, 0.4) is 0 Å². The lowest BCUT2D eigenvalue weighted by Gasteiger charge is -2.26. The van der Waals surface area contributed by atoms with E-state index in [9.17, 15) is 28.8 Å². The van der Waals surface area contributed by atoms with Crippen molar-refractivity contribution < 1.29 is 39.0 Å². The zero-order valence-corrected chi connectivity index (χ0v) is 18.6. The molecule has 10 N–H and O–H groups in total. The molecule has 1 rings (SSSR count). The lowest BCUT2D eigenvalue weighted by atomic mass is 10.0. The van der Waals surface area contributed by atoms with Crippen LogP contribution in [-0.4, -0.2) is 79.9 Å². The highest BCUT2D eigenvalue weighted by Gasteiger charge is 2.33. The van der Waals surface area contributed by atoms with Crippen LogP contribution in [0.25, 0.3) is 0 Å². The molecule has 34 heavy (non-hydrogen) atoms. The van der Waals surface area contributed by atoms with Gasteiger partial charge in [-0.05, 0) is 5.92 Å². The number of nitrogens with two attached hydrogens (primary N) is 2. The topological polar surface area (TPSA) is 260 Å². The molecule has 0 aromatic carbocycles. The van der Waals surface area contributed by atoms with Crippen LogP contribution in [0.15, 0.2) is 12.5 Å². The predicted octanol–water partition coefficient (Wildman–Crippen LogP) is -3.18. The van der Waals surface area contributed by atoms with Crippen LogP contribution in [0.5, 0.6) is 0 Å². The average molecular weight is 483 g/mol. The Morgan fingerprint density at radius 3 is 2.06 bits per heavy atom. The van der Waals surface area contributed by atoms with Gasteiger partial charge in [-0.2, -0.15) is 0 Å².